The minimum atomic E-state index is 0.568. The van der Waals surface area contributed by atoms with Crippen molar-refractivity contribution < 1.29 is 0 Å². The molecule has 33 heavy (non-hydrogen) atoms. The Labute approximate surface area is 194 Å². The van der Waals surface area contributed by atoms with Crippen molar-refractivity contribution in [2.45, 2.75) is 31.6 Å². The first-order valence-electron chi connectivity index (χ1n) is 12.2. The SMILES string of the molecule is c1ccc2c(CC3CCCc4c3ccc3c4ccc4ccccc43)c3ccccc3cc2c1. The van der Waals surface area contributed by atoms with Gasteiger partial charge in [-0.3, -0.25) is 0 Å². The van der Waals surface area contributed by atoms with Crippen molar-refractivity contribution in [3.8, 4) is 0 Å². The zero-order valence-electron chi connectivity index (χ0n) is 18.7. The van der Waals surface area contributed by atoms with E-state index in [1.54, 1.807) is 11.1 Å². The highest BCUT2D eigenvalue weighted by Crippen LogP contribution is 2.41. The summed E-state index contributed by atoms with van der Waals surface area (Å²) in [5.74, 6) is 0.568. The van der Waals surface area contributed by atoms with Gasteiger partial charge in [0, 0.05) is 0 Å². The van der Waals surface area contributed by atoms with Crippen LogP contribution in [0.1, 0.15) is 35.4 Å². The molecule has 0 radical (unpaired) electrons. The van der Waals surface area contributed by atoms with E-state index in [1.165, 1.54) is 67.9 Å². The fourth-order valence-electron chi connectivity index (χ4n) is 6.30. The molecule has 0 heterocycles. The highest BCUT2D eigenvalue weighted by atomic mass is 14.3. The second-order valence-corrected chi connectivity index (χ2v) is 9.61. The molecule has 0 N–H and O–H groups in total. The Bertz CT molecular complexity index is 1620. The fraction of sp³-hybridized carbons (Fsp3) is 0.152. The number of benzene rings is 6. The van der Waals surface area contributed by atoms with Crippen LogP contribution in [0, 0.1) is 0 Å². The summed E-state index contributed by atoms with van der Waals surface area (Å²) in [5.41, 5.74) is 4.67. The molecule has 1 unspecified atom stereocenters. The van der Waals surface area contributed by atoms with Crippen LogP contribution in [-0.4, -0.2) is 0 Å². The van der Waals surface area contributed by atoms with Gasteiger partial charge in [-0.1, -0.05) is 97.1 Å². The van der Waals surface area contributed by atoms with Crippen LogP contribution in [0.3, 0.4) is 0 Å². The van der Waals surface area contributed by atoms with Crippen LogP contribution in [0.4, 0.5) is 0 Å². The Kier molecular flexibility index (Phi) is 4.27. The van der Waals surface area contributed by atoms with E-state index in [2.05, 4.69) is 103 Å². The number of hydrogen-bond donors (Lipinski definition) is 0. The summed E-state index contributed by atoms with van der Waals surface area (Å²) in [6.07, 6.45) is 4.84. The summed E-state index contributed by atoms with van der Waals surface area (Å²) >= 11 is 0. The minimum Gasteiger partial charge on any atom is -0.0616 e. The van der Waals surface area contributed by atoms with Gasteiger partial charge in [0.05, 0.1) is 0 Å². The molecular weight excluding hydrogens is 396 g/mol. The normalized spacial score (nSPS) is 15.9. The summed E-state index contributed by atoms with van der Waals surface area (Å²) in [5, 5.41) is 11.1. The van der Waals surface area contributed by atoms with E-state index >= 15 is 0 Å². The molecule has 0 amide bonds. The first-order valence-corrected chi connectivity index (χ1v) is 12.2. The molecule has 1 aliphatic carbocycles. The van der Waals surface area contributed by atoms with Crippen LogP contribution < -0.4 is 0 Å². The van der Waals surface area contributed by atoms with E-state index in [4.69, 9.17) is 0 Å². The van der Waals surface area contributed by atoms with Gasteiger partial charge in [-0.25, -0.2) is 0 Å². The van der Waals surface area contributed by atoms with Crippen LogP contribution in [0.5, 0.6) is 0 Å². The molecule has 0 aromatic heterocycles. The van der Waals surface area contributed by atoms with Crippen LogP contribution in [-0.2, 0) is 12.8 Å². The maximum absolute atomic E-state index is 2.45. The molecular formula is C33H26. The Balaban J connectivity index is 1.41. The zero-order chi connectivity index (χ0) is 21.8. The van der Waals surface area contributed by atoms with Gasteiger partial charge in [0.15, 0.2) is 0 Å². The average molecular weight is 423 g/mol. The van der Waals surface area contributed by atoms with Gasteiger partial charge < -0.3 is 0 Å². The highest BCUT2D eigenvalue weighted by Gasteiger charge is 2.24. The number of hydrogen-bond acceptors (Lipinski definition) is 0. The quantitative estimate of drug-likeness (QED) is 0.193. The van der Waals surface area contributed by atoms with Gasteiger partial charge >= 0.3 is 0 Å². The first-order chi connectivity index (χ1) is 16.4. The predicted molar refractivity (Wildman–Crippen MR) is 142 cm³/mol. The molecule has 0 saturated heterocycles. The van der Waals surface area contributed by atoms with Crippen LogP contribution in [0.2, 0.25) is 0 Å². The lowest BCUT2D eigenvalue weighted by Crippen LogP contribution is -2.13. The van der Waals surface area contributed by atoms with Crippen LogP contribution >= 0.6 is 0 Å². The van der Waals surface area contributed by atoms with Gasteiger partial charge in [0.1, 0.15) is 0 Å². The molecule has 0 spiro atoms. The molecule has 0 heteroatoms. The summed E-state index contributed by atoms with van der Waals surface area (Å²) in [7, 11) is 0. The second kappa shape index (κ2) is 7.46. The topological polar surface area (TPSA) is 0 Å². The smallest absolute Gasteiger partial charge is 0.0102 e. The summed E-state index contributed by atoms with van der Waals surface area (Å²) in [4.78, 5) is 0. The number of fused-ring (bicyclic) bond motifs is 7. The standard InChI is InChI=1S/C33H26/c1-4-12-26-22(8-1)16-17-32-30-15-7-11-25(29(30)18-19-31(26)32)21-33-27-13-5-2-9-23(27)20-24-10-3-6-14-28(24)33/h1-6,8-10,12-14,16-20,25H,7,11,15,21H2. The van der Waals surface area contributed by atoms with E-state index in [0.29, 0.717) is 5.92 Å². The van der Waals surface area contributed by atoms with Crippen LogP contribution in [0.25, 0.3) is 43.1 Å². The lowest BCUT2D eigenvalue weighted by atomic mass is 9.76. The lowest BCUT2D eigenvalue weighted by molar-refractivity contribution is 0.555. The van der Waals surface area contributed by atoms with E-state index < -0.39 is 0 Å². The largest absolute Gasteiger partial charge is 0.0616 e. The van der Waals surface area contributed by atoms with Gasteiger partial charge in [-0.15, -0.1) is 0 Å². The van der Waals surface area contributed by atoms with E-state index in [-0.39, 0.29) is 0 Å². The fourth-order valence-corrected chi connectivity index (χ4v) is 6.30. The number of aryl methyl sites for hydroxylation is 1. The Hall–Kier alpha value is -3.64. The molecule has 1 aliphatic rings. The molecule has 0 saturated carbocycles. The minimum absolute atomic E-state index is 0.568. The van der Waals surface area contributed by atoms with Crippen molar-refractivity contribution >= 4 is 43.1 Å². The van der Waals surface area contributed by atoms with Crippen molar-refractivity contribution in [2.24, 2.45) is 0 Å². The Morgan fingerprint density at radius 3 is 1.94 bits per heavy atom. The summed E-state index contributed by atoms with van der Waals surface area (Å²) in [6, 6.07) is 38.5. The van der Waals surface area contributed by atoms with Crippen molar-refractivity contribution in [3.63, 3.8) is 0 Å². The predicted octanol–water partition coefficient (Wildman–Crippen LogP) is 8.96. The average Bonchev–Trinajstić information content (AvgIpc) is 2.88. The lowest BCUT2D eigenvalue weighted by Gasteiger charge is -2.28. The van der Waals surface area contributed by atoms with Gasteiger partial charge in [-0.05, 0) is 97.4 Å². The first kappa shape index (κ1) is 18.9. The molecule has 6 aromatic rings. The molecule has 0 nitrogen and oxygen atoms in total. The molecule has 1 atom stereocenters. The van der Waals surface area contributed by atoms with Gasteiger partial charge in [-0.2, -0.15) is 0 Å². The molecule has 0 fully saturated rings. The monoisotopic (exact) mass is 422 g/mol. The molecule has 158 valence electrons. The molecule has 0 aliphatic heterocycles. The van der Waals surface area contributed by atoms with E-state index in [0.717, 1.165) is 6.42 Å². The summed E-state index contributed by atoms with van der Waals surface area (Å²) < 4.78 is 0. The van der Waals surface area contributed by atoms with Gasteiger partial charge in [0.25, 0.3) is 0 Å². The molecule has 0 bridgehead atoms. The third-order valence-electron chi connectivity index (χ3n) is 7.83. The van der Waals surface area contributed by atoms with E-state index in [9.17, 15) is 0 Å². The van der Waals surface area contributed by atoms with Crippen molar-refractivity contribution in [1.82, 2.24) is 0 Å². The number of rotatable bonds is 2. The Morgan fingerprint density at radius 1 is 0.545 bits per heavy atom. The second-order valence-electron chi connectivity index (χ2n) is 9.61. The maximum atomic E-state index is 2.45. The van der Waals surface area contributed by atoms with E-state index in [1.807, 2.05) is 0 Å². The zero-order valence-corrected chi connectivity index (χ0v) is 18.7. The molecule has 7 rings (SSSR count). The van der Waals surface area contributed by atoms with Crippen molar-refractivity contribution in [3.05, 3.63) is 120 Å². The van der Waals surface area contributed by atoms with Crippen molar-refractivity contribution in [1.29, 1.82) is 0 Å². The van der Waals surface area contributed by atoms with Crippen LogP contribution in [0.15, 0.2) is 103 Å². The van der Waals surface area contributed by atoms with Crippen molar-refractivity contribution in [2.75, 3.05) is 0 Å². The summed E-state index contributed by atoms with van der Waals surface area (Å²) in [6.45, 7) is 0. The third kappa shape index (κ3) is 2.98. The highest BCUT2D eigenvalue weighted by molar-refractivity contribution is 6.09. The maximum Gasteiger partial charge on any atom is -0.0102 e. The third-order valence-corrected chi connectivity index (χ3v) is 7.83. The molecule has 6 aromatic carbocycles. The van der Waals surface area contributed by atoms with Gasteiger partial charge in [0.2, 0.25) is 0 Å². The Morgan fingerprint density at radius 2 is 1.18 bits per heavy atom.